The van der Waals surface area contributed by atoms with Gasteiger partial charge in [0.25, 0.3) is 5.91 Å². The molecular weight excluding hydrogens is 322 g/mol. The number of hydrogen-bond acceptors (Lipinski definition) is 5. The number of anilines is 2. The predicted molar refractivity (Wildman–Crippen MR) is 94.5 cm³/mol. The monoisotopic (exact) mass is 339 g/mol. The van der Waals surface area contributed by atoms with E-state index in [9.17, 15) is 4.79 Å². The zero-order valence-electron chi connectivity index (χ0n) is 13.0. The third-order valence-corrected chi connectivity index (χ3v) is 4.56. The van der Waals surface area contributed by atoms with Gasteiger partial charge in [0.05, 0.1) is 18.3 Å². The molecule has 6 nitrogen and oxygen atoms in total. The van der Waals surface area contributed by atoms with Crippen LogP contribution in [0.25, 0.3) is 0 Å². The van der Waals surface area contributed by atoms with Gasteiger partial charge in [-0.1, -0.05) is 0 Å². The lowest BCUT2D eigenvalue weighted by molar-refractivity contribution is 0.102. The first kappa shape index (κ1) is 14.9. The Kier molecular flexibility index (Phi) is 4.00. The highest BCUT2D eigenvalue weighted by molar-refractivity contribution is 7.07. The smallest absolute Gasteiger partial charge is 0.258 e. The van der Waals surface area contributed by atoms with Crippen molar-refractivity contribution < 1.29 is 4.79 Å². The number of nitrogens with one attached hydrogen (secondary N) is 2. The van der Waals surface area contributed by atoms with Crippen molar-refractivity contribution in [1.82, 2.24) is 14.8 Å². The predicted octanol–water partition coefficient (Wildman–Crippen LogP) is 3.21. The largest absolute Gasteiger partial charge is 0.367 e. The molecule has 0 aliphatic heterocycles. The number of amides is 1. The maximum atomic E-state index is 12.4. The van der Waals surface area contributed by atoms with Crippen molar-refractivity contribution in [3.8, 4) is 0 Å². The number of carbonyl (C=O) groups is 1. The van der Waals surface area contributed by atoms with E-state index in [1.807, 2.05) is 17.5 Å². The van der Waals surface area contributed by atoms with Crippen molar-refractivity contribution in [3.05, 3.63) is 58.5 Å². The van der Waals surface area contributed by atoms with Gasteiger partial charge in [-0.3, -0.25) is 4.79 Å². The van der Waals surface area contributed by atoms with Crippen molar-refractivity contribution in [2.45, 2.75) is 25.4 Å². The summed E-state index contributed by atoms with van der Waals surface area (Å²) in [6.07, 6.45) is 5.67. The first-order valence-electron chi connectivity index (χ1n) is 7.85. The molecule has 1 fully saturated rings. The molecule has 3 heterocycles. The lowest BCUT2D eigenvalue weighted by Crippen LogP contribution is -2.16. The summed E-state index contributed by atoms with van der Waals surface area (Å²) in [4.78, 5) is 16.7. The van der Waals surface area contributed by atoms with Crippen molar-refractivity contribution in [2.75, 3.05) is 10.6 Å². The fourth-order valence-electron chi connectivity index (χ4n) is 2.36. The molecule has 0 saturated heterocycles. The Morgan fingerprint density at radius 3 is 2.92 bits per heavy atom. The van der Waals surface area contributed by atoms with Crippen LogP contribution in [0.5, 0.6) is 0 Å². The summed E-state index contributed by atoms with van der Waals surface area (Å²) in [6.45, 7) is 0.634. The Balaban J connectivity index is 1.43. The maximum absolute atomic E-state index is 12.4. The van der Waals surface area contributed by atoms with Gasteiger partial charge in [0, 0.05) is 18.3 Å². The van der Waals surface area contributed by atoms with Crippen LogP contribution in [0.2, 0.25) is 0 Å². The Hall–Kier alpha value is -2.67. The molecule has 0 radical (unpaired) electrons. The molecule has 0 spiro atoms. The van der Waals surface area contributed by atoms with Crippen molar-refractivity contribution >= 4 is 28.9 Å². The van der Waals surface area contributed by atoms with Gasteiger partial charge in [0.1, 0.15) is 11.6 Å². The van der Waals surface area contributed by atoms with E-state index in [2.05, 4.69) is 26.1 Å². The highest BCUT2D eigenvalue weighted by Crippen LogP contribution is 2.23. The maximum Gasteiger partial charge on any atom is 0.258 e. The molecule has 1 saturated carbocycles. The molecule has 4 rings (SSSR count). The van der Waals surface area contributed by atoms with Crippen molar-refractivity contribution in [3.63, 3.8) is 0 Å². The number of hydrogen-bond donors (Lipinski definition) is 2. The van der Waals surface area contributed by atoms with Gasteiger partial charge in [-0.05, 0) is 47.4 Å². The van der Waals surface area contributed by atoms with Gasteiger partial charge in [-0.2, -0.15) is 16.4 Å². The molecule has 1 aliphatic rings. The van der Waals surface area contributed by atoms with Gasteiger partial charge in [0.2, 0.25) is 0 Å². The summed E-state index contributed by atoms with van der Waals surface area (Å²) >= 11 is 1.65. The standard InChI is InChI=1S/C17H17N5OS/c23-17(13-1-4-15(18-9-13)20-14-2-3-14)21-16-5-7-19-22(16)10-12-6-8-24-11-12/h1,4-9,11,14H,2-3,10H2,(H,18,20)(H,21,23). The van der Waals surface area contributed by atoms with E-state index in [1.165, 1.54) is 12.8 Å². The summed E-state index contributed by atoms with van der Waals surface area (Å²) in [7, 11) is 0. The van der Waals surface area contributed by atoms with Crippen LogP contribution < -0.4 is 10.6 Å². The first-order valence-corrected chi connectivity index (χ1v) is 8.79. The molecule has 122 valence electrons. The summed E-state index contributed by atoms with van der Waals surface area (Å²) in [5.41, 5.74) is 1.69. The van der Waals surface area contributed by atoms with E-state index in [4.69, 9.17) is 0 Å². The van der Waals surface area contributed by atoms with E-state index in [1.54, 1.807) is 40.5 Å². The van der Waals surface area contributed by atoms with E-state index in [0.29, 0.717) is 24.0 Å². The van der Waals surface area contributed by atoms with Gasteiger partial charge >= 0.3 is 0 Å². The average molecular weight is 339 g/mol. The Morgan fingerprint density at radius 1 is 1.29 bits per heavy atom. The zero-order valence-corrected chi connectivity index (χ0v) is 13.8. The average Bonchev–Trinajstić information content (AvgIpc) is 3.07. The van der Waals surface area contributed by atoms with E-state index in [-0.39, 0.29) is 5.91 Å². The van der Waals surface area contributed by atoms with Gasteiger partial charge < -0.3 is 10.6 Å². The van der Waals surface area contributed by atoms with Crippen LogP contribution in [0.4, 0.5) is 11.6 Å². The van der Waals surface area contributed by atoms with E-state index < -0.39 is 0 Å². The van der Waals surface area contributed by atoms with Gasteiger partial charge in [-0.15, -0.1) is 0 Å². The molecular formula is C17H17N5OS. The number of rotatable bonds is 6. The molecule has 0 aromatic carbocycles. The highest BCUT2D eigenvalue weighted by Gasteiger charge is 2.21. The zero-order chi connectivity index (χ0) is 16.4. The summed E-state index contributed by atoms with van der Waals surface area (Å²) in [5.74, 6) is 1.30. The molecule has 24 heavy (non-hydrogen) atoms. The number of aromatic nitrogens is 3. The number of nitrogens with zero attached hydrogens (tertiary/aromatic N) is 3. The van der Waals surface area contributed by atoms with Crippen LogP contribution in [-0.4, -0.2) is 26.7 Å². The van der Waals surface area contributed by atoms with E-state index >= 15 is 0 Å². The summed E-state index contributed by atoms with van der Waals surface area (Å²) < 4.78 is 1.77. The quantitative estimate of drug-likeness (QED) is 0.723. The molecule has 0 unspecified atom stereocenters. The van der Waals surface area contributed by atoms with Crippen LogP contribution in [0.1, 0.15) is 28.8 Å². The van der Waals surface area contributed by atoms with E-state index in [0.717, 1.165) is 11.4 Å². The van der Waals surface area contributed by atoms with Crippen molar-refractivity contribution in [2.24, 2.45) is 0 Å². The van der Waals surface area contributed by atoms with Crippen LogP contribution in [-0.2, 0) is 6.54 Å². The number of pyridine rings is 1. The Bertz CT molecular complexity index is 821. The molecule has 0 atom stereocenters. The molecule has 0 bridgehead atoms. The second-order valence-electron chi connectivity index (χ2n) is 5.81. The third kappa shape index (κ3) is 3.46. The third-order valence-electron chi connectivity index (χ3n) is 3.83. The topological polar surface area (TPSA) is 71.8 Å². The summed E-state index contributed by atoms with van der Waals surface area (Å²) in [6, 6.07) is 8.01. The second kappa shape index (κ2) is 6.45. The minimum absolute atomic E-state index is 0.187. The molecule has 1 aliphatic carbocycles. The minimum Gasteiger partial charge on any atom is -0.367 e. The van der Waals surface area contributed by atoms with Crippen LogP contribution in [0, 0.1) is 0 Å². The fourth-order valence-corrected chi connectivity index (χ4v) is 3.02. The number of thiophene rings is 1. The van der Waals surface area contributed by atoms with Gasteiger partial charge in [-0.25, -0.2) is 9.67 Å². The molecule has 2 N–H and O–H groups in total. The fraction of sp³-hybridized carbons (Fsp3) is 0.235. The Labute approximate surface area is 143 Å². The van der Waals surface area contributed by atoms with Crippen molar-refractivity contribution in [1.29, 1.82) is 0 Å². The lowest BCUT2D eigenvalue weighted by atomic mass is 10.2. The highest BCUT2D eigenvalue weighted by atomic mass is 32.1. The normalized spacial score (nSPS) is 13.7. The van der Waals surface area contributed by atoms with Crippen LogP contribution in [0.15, 0.2) is 47.4 Å². The lowest BCUT2D eigenvalue weighted by Gasteiger charge is -2.09. The van der Waals surface area contributed by atoms with Crippen LogP contribution in [0.3, 0.4) is 0 Å². The second-order valence-corrected chi connectivity index (χ2v) is 6.59. The minimum atomic E-state index is -0.187. The van der Waals surface area contributed by atoms with Gasteiger partial charge in [0.15, 0.2) is 0 Å². The first-order chi connectivity index (χ1) is 11.8. The molecule has 3 aromatic heterocycles. The molecule has 1 amide bonds. The molecule has 3 aromatic rings. The van der Waals surface area contributed by atoms with Crippen LogP contribution >= 0.6 is 11.3 Å². The molecule has 7 heteroatoms. The SMILES string of the molecule is O=C(Nc1ccnn1Cc1ccsc1)c1ccc(NC2CC2)nc1. The Morgan fingerprint density at radius 2 is 2.21 bits per heavy atom. The summed E-state index contributed by atoms with van der Waals surface area (Å²) in [5, 5.41) is 14.6. The number of carbonyl (C=O) groups excluding carboxylic acids is 1.